The van der Waals surface area contributed by atoms with Crippen molar-refractivity contribution in [2.75, 3.05) is 0 Å². The van der Waals surface area contributed by atoms with Crippen molar-refractivity contribution in [1.82, 2.24) is 0 Å². The fourth-order valence-electron chi connectivity index (χ4n) is 1.81. The summed E-state index contributed by atoms with van der Waals surface area (Å²) in [7, 11) is 0. The quantitative estimate of drug-likeness (QED) is 0.580. The molecule has 2 heteroatoms. The van der Waals surface area contributed by atoms with Crippen LogP contribution in [0.3, 0.4) is 0 Å². The Balaban J connectivity index is 2.16. The summed E-state index contributed by atoms with van der Waals surface area (Å²) >= 11 is 1.67. The Morgan fingerprint density at radius 1 is 1.11 bits per heavy atom. The van der Waals surface area contributed by atoms with E-state index in [1.165, 1.54) is 10.4 Å². The smallest absolute Gasteiger partial charge is 0.186 e. The summed E-state index contributed by atoms with van der Waals surface area (Å²) in [4.78, 5) is 14.3. The molecule has 2 rings (SSSR count). The third kappa shape index (κ3) is 2.96. The number of benzene rings is 1. The van der Waals surface area contributed by atoms with Gasteiger partial charge in [-0.2, -0.15) is 0 Å². The first-order valence-corrected chi connectivity index (χ1v) is 6.74. The lowest BCUT2D eigenvalue weighted by Gasteiger charge is -1.95. The number of ketones is 1. The summed E-state index contributed by atoms with van der Waals surface area (Å²) in [5.41, 5.74) is 3.10. The third-order valence-electron chi connectivity index (χ3n) is 2.81. The van der Waals surface area contributed by atoms with Crippen LogP contribution in [0.1, 0.15) is 31.2 Å². The molecule has 1 heterocycles. The van der Waals surface area contributed by atoms with Crippen LogP contribution in [0.5, 0.6) is 0 Å². The Morgan fingerprint density at radius 3 is 2.33 bits per heavy atom. The summed E-state index contributed by atoms with van der Waals surface area (Å²) < 4.78 is 0. The average molecular weight is 256 g/mol. The number of rotatable bonds is 3. The second-order valence-corrected chi connectivity index (χ2v) is 5.90. The first kappa shape index (κ1) is 12.8. The Kier molecular flexibility index (Phi) is 3.78. The Bertz CT molecular complexity index is 588. The summed E-state index contributed by atoms with van der Waals surface area (Å²) in [5, 5.41) is 0. The summed E-state index contributed by atoms with van der Waals surface area (Å²) in [6.45, 7) is 6.07. The maximum Gasteiger partial charge on any atom is 0.186 e. The van der Waals surface area contributed by atoms with Gasteiger partial charge in [0.05, 0.1) is 0 Å². The van der Waals surface area contributed by atoms with E-state index in [-0.39, 0.29) is 5.78 Å². The highest BCUT2D eigenvalue weighted by atomic mass is 32.1. The van der Waals surface area contributed by atoms with E-state index >= 15 is 0 Å². The van der Waals surface area contributed by atoms with Crippen LogP contribution in [0.15, 0.2) is 36.4 Å². The molecular formula is C16H16OS. The van der Waals surface area contributed by atoms with Crippen LogP contribution in [-0.2, 0) is 0 Å². The van der Waals surface area contributed by atoms with Crippen molar-refractivity contribution in [2.45, 2.75) is 20.8 Å². The minimum atomic E-state index is 0.0809. The van der Waals surface area contributed by atoms with E-state index in [1.807, 2.05) is 50.3 Å². The molecule has 0 amide bonds. The zero-order valence-corrected chi connectivity index (χ0v) is 11.7. The molecule has 1 nitrogen and oxygen atoms in total. The molecule has 1 aromatic heterocycles. The predicted octanol–water partition coefficient (Wildman–Crippen LogP) is 4.57. The molecule has 0 N–H and O–H groups in total. The molecular weight excluding hydrogens is 240 g/mol. The average Bonchev–Trinajstić information content (AvgIpc) is 2.67. The van der Waals surface area contributed by atoms with E-state index in [0.717, 1.165) is 16.0 Å². The van der Waals surface area contributed by atoms with Crippen molar-refractivity contribution in [1.29, 1.82) is 0 Å². The number of thiophene rings is 1. The lowest BCUT2D eigenvalue weighted by atomic mass is 10.1. The van der Waals surface area contributed by atoms with Gasteiger partial charge in [-0.1, -0.05) is 35.9 Å². The van der Waals surface area contributed by atoms with Crippen molar-refractivity contribution in [3.63, 3.8) is 0 Å². The maximum atomic E-state index is 12.0. The maximum absolute atomic E-state index is 12.0. The van der Waals surface area contributed by atoms with Crippen LogP contribution in [0, 0.1) is 20.8 Å². The van der Waals surface area contributed by atoms with Crippen LogP contribution >= 0.6 is 11.3 Å². The molecule has 0 radical (unpaired) electrons. The molecule has 0 saturated carbocycles. The fraction of sp³-hybridized carbons (Fsp3) is 0.188. The van der Waals surface area contributed by atoms with Crippen LogP contribution < -0.4 is 0 Å². The highest BCUT2D eigenvalue weighted by Crippen LogP contribution is 2.21. The van der Waals surface area contributed by atoms with Gasteiger partial charge in [0.25, 0.3) is 0 Å². The molecule has 92 valence electrons. The minimum Gasteiger partial charge on any atom is -0.289 e. The first-order valence-electron chi connectivity index (χ1n) is 5.92. The van der Waals surface area contributed by atoms with E-state index in [1.54, 1.807) is 17.4 Å². The zero-order valence-electron chi connectivity index (χ0n) is 10.9. The van der Waals surface area contributed by atoms with Crippen molar-refractivity contribution in [3.05, 3.63) is 62.9 Å². The number of hydrogen-bond donors (Lipinski definition) is 0. The third-order valence-corrected chi connectivity index (χ3v) is 3.78. The van der Waals surface area contributed by atoms with Gasteiger partial charge in [-0.05, 0) is 38.5 Å². The Hall–Kier alpha value is -1.67. The van der Waals surface area contributed by atoms with Gasteiger partial charge >= 0.3 is 0 Å². The van der Waals surface area contributed by atoms with E-state index in [9.17, 15) is 4.79 Å². The summed E-state index contributed by atoms with van der Waals surface area (Å²) in [5.74, 6) is 0.0809. The predicted molar refractivity (Wildman–Crippen MR) is 78.3 cm³/mol. The molecule has 0 atom stereocenters. The number of carbonyl (C=O) groups is 1. The van der Waals surface area contributed by atoms with E-state index < -0.39 is 0 Å². The van der Waals surface area contributed by atoms with Crippen LogP contribution in [-0.4, -0.2) is 5.78 Å². The summed E-state index contributed by atoms with van der Waals surface area (Å²) in [6.07, 6.45) is 3.52. The van der Waals surface area contributed by atoms with Crippen molar-refractivity contribution in [2.24, 2.45) is 0 Å². The Labute approximate surface area is 112 Å². The number of carbonyl (C=O) groups excluding carboxylic acids is 1. The normalized spacial score (nSPS) is 11.1. The molecule has 0 bridgehead atoms. The molecule has 1 aromatic carbocycles. The highest BCUT2D eigenvalue weighted by Gasteiger charge is 2.08. The highest BCUT2D eigenvalue weighted by molar-refractivity contribution is 7.12. The topological polar surface area (TPSA) is 17.1 Å². The molecule has 2 aromatic rings. The second kappa shape index (κ2) is 5.32. The number of aryl methyl sites for hydroxylation is 3. The molecule has 0 aliphatic carbocycles. The zero-order chi connectivity index (χ0) is 13.1. The summed E-state index contributed by atoms with van der Waals surface area (Å²) in [6, 6.07) is 10.1. The molecule has 0 saturated heterocycles. The standard InChI is InChI=1S/C16H16OS/c1-11-4-6-14(7-5-11)8-9-16(17)15-10-12(2)18-13(15)3/h4-10H,1-3H3/b9-8+. The molecule has 18 heavy (non-hydrogen) atoms. The van der Waals surface area contributed by atoms with E-state index in [0.29, 0.717) is 0 Å². The molecule has 0 unspecified atom stereocenters. The largest absolute Gasteiger partial charge is 0.289 e. The van der Waals surface area contributed by atoms with Gasteiger partial charge in [-0.3, -0.25) is 4.79 Å². The van der Waals surface area contributed by atoms with Gasteiger partial charge in [-0.25, -0.2) is 0 Å². The lowest BCUT2D eigenvalue weighted by molar-refractivity contribution is 0.104. The first-order chi connectivity index (χ1) is 8.56. The van der Waals surface area contributed by atoms with E-state index in [4.69, 9.17) is 0 Å². The number of hydrogen-bond acceptors (Lipinski definition) is 2. The van der Waals surface area contributed by atoms with Gasteiger partial charge < -0.3 is 0 Å². The van der Waals surface area contributed by atoms with Crippen molar-refractivity contribution < 1.29 is 4.79 Å². The van der Waals surface area contributed by atoms with Crippen molar-refractivity contribution >= 4 is 23.2 Å². The van der Waals surface area contributed by atoms with Crippen LogP contribution in [0.2, 0.25) is 0 Å². The monoisotopic (exact) mass is 256 g/mol. The van der Waals surface area contributed by atoms with Gasteiger partial charge in [-0.15, -0.1) is 11.3 Å². The molecule has 0 spiro atoms. The van der Waals surface area contributed by atoms with Gasteiger partial charge in [0.2, 0.25) is 0 Å². The Morgan fingerprint density at radius 2 is 1.78 bits per heavy atom. The second-order valence-electron chi connectivity index (χ2n) is 4.44. The molecule has 0 aliphatic heterocycles. The minimum absolute atomic E-state index is 0.0809. The van der Waals surface area contributed by atoms with Gasteiger partial charge in [0.15, 0.2) is 5.78 Å². The molecule has 0 fully saturated rings. The van der Waals surface area contributed by atoms with Gasteiger partial charge in [0, 0.05) is 15.3 Å². The fourth-order valence-corrected chi connectivity index (χ4v) is 2.74. The van der Waals surface area contributed by atoms with Gasteiger partial charge in [0.1, 0.15) is 0 Å². The van der Waals surface area contributed by atoms with Crippen LogP contribution in [0.25, 0.3) is 6.08 Å². The lowest BCUT2D eigenvalue weighted by Crippen LogP contribution is -1.93. The SMILES string of the molecule is Cc1ccc(/C=C/C(=O)c2cc(C)sc2C)cc1. The van der Waals surface area contributed by atoms with E-state index in [2.05, 4.69) is 6.92 Å². The van der Waals surface area contributed by atoms with Crippen LogP contribution in [0.4, 0.5) is 0 Å². The van der Waals surface area contributed by atoms with Crippen molar-refractivity contribution in [3.8, 4) is 0 Å². The number of allylic oxidation sites excluding steroid dienone is 1. The molecule has 0 aliphatic rings.